The molecule has 1 amide bonds. The number of hydrogen-bond acceptors (Lipinski definition) is 7. The maximum absolute atomic E-state index is 12.8. The van der Waals surface area contributed by atoms with Crippen molar-refractivity contribution in [2.45, 2.75) is 32.5 Å². The van der Waals surface area contributed by atoms with Gasteiger partial charge in [0, 0.05) is 5.69 Å². The maximum atomic E-state index is 12.8. The van der Waals surface area contributed by atoms with Crippen LogP contribution < -0.4 is 5.32 Å². The Balaban J connectivity index is 1.52. The predicted octanol–water partition coefficient (Wildman–Crippen LogP) is 3.63. The molecule has 32 heavy (non-hydrogen) atoms. The van der Waals surface area contributed by atoms with E-state index in [9.17, 15) is 10.1 Å². The number of amides is 1. The Bertz CT molecular complexity index is 1300. The smallest absolute Gasteiger partial charge is 0.235 e. The molecule has 4 aromatic rings. The maximum Gasteiger partial charge on any atom is 0.235 e. The van der Waals surface area contributed by atoms with Crippen molar-refractivity contribution >= 4 is 23.5 Å². The number of rotatable bonds is 7. The van der Waals surface area contributed by atoms with E-state index in [0.29, 0.717) is 23.1 Å². The summed E-state index contributed by atoms with van der Waals surface area (Å²) >= 11 is 1.22. The molecule has 3 heterocycles. The van der Waals surface area contributed by atoms with Crippen LogP contribution in [0.25, 0.3) is 5.69 Å². The van der Waals surface area contributed by atoms with Gasteiger partial charge in [0.1, 0.15) is 17.6 Å². The van der Waals surface area contributed by atoms with Gasteiger partial charge in [-0.25, -0.2) is 0 Å². The van der Waals surface area contributed by atoms with Crippen molar-refractivity contribution in [1.29, 1.82) is 5.26 Å². The van der Waals surface area contributed by atoms with E-state index < -0.39 is 0 Å². The number of nitrogens with one attached hydrogen (secondary N) is 1. The SMILES string of the molecule is Cc1ccccc1-n1nnnc1SCC(=O)Nc1c(C#N)c(C)c(C)n1Cc1ccco1. The van der Waals surface area contributed by atoms with Crippen LogP contribution in [0.3, 0.4) is 0 Å². The minimum Gasteiger partial charge on any atom is -0.467 e. The zero-order chi connectivity index (χ0) is 22.7. The second kappa shape index (κ2) is 9.11. The molecular weight excluding hydrogens is 426 g/mol. The lowest BCUT2D eigenvalue weighted by atomic mass is 10.2. The average molecular weight is 448 g/mol. The van der Waals surface area contributed by atoms with Crippen LogP contribution in [0.15, 0.2) is 52.2 Å². The van der Waals surface area contributed by atoms with Crippen molar-refractivity contribution < 1.29 is 9.21 Å². The summed E-state index contributed by atoms with van der Waals surface area (Å²) in [6.45, 7) is 6.17. The monoisotopic (exact) mass is 447 g/mol. The molecule has 3 aromatic heterocycles. The first kappa shape index (κ1) is 21.4. The van der Waals surface area contributed by atoms with Crippen molar-refractivity contribution in [3.8, 4) is 11.8 Å². The molecule has 0 spiro atoms. The molecule has 0 aliphatic carbocycles. The van der Waals surface area contributed by atoms with Gasteiger partial charge >= 0.3 is 0 Å². The summed E-state index contributed by atoms with van der Waals surface area (Å²) in [7, 11) is 0. The highest BCUT2D eigenvalue weighted by atomic mass is 32.2. The molecule has 0 atom stereocenters. The summed E-state index contributed by atoms with van der Waals surface area (Å²) in [5.74, 6) is 1.02. The molecule has 0 saturated carbocycles. The largest absolute Gasteiger partial charge is 0.467 e. The van der Waals surface area contributed by atoms with Gasteiger partial charge in [-0.3, -0.25) is 4.79 Å². The number of hydrogen-bond donors (Lipinski definition) is 1. The number of carbonyl (C=O) groups excluding carboxylic acids is 1. The van der Waals surface area contributed by atoms with Crippen LogP contribution >= 0.6 is 11.8 Å². The number of tetrazole rings is 1. The Morgan fingerprint density at radius 2 is 2.03 bits per heavy atom. The molecule has 0 fully saturated rings. The third-order valence-corrected chi connectivity index (χ3v) is 6.13. The zero-order valence-corrected chi connectivity index (χ0v) is 18.7. The molecule has 0 radical (unpaired) electrons. The van der Waals surface area contributed by atoms with Crippen LogP contribution in [0.2, 0.25) is 0 Å². The van der Waals surface area contributed by atoms with Crippen LogP contribution in [0.1, 0.15) is 28.1 Å². The first-order valence-electron chi connectivity index (χ1n) is 9.88. The fourth-order valence-corrected chi connectivity index (χ4v) is 4.09. The lowest BCUT2D eigenvalue weighted by Gasteiger charge is -2.12. The Morgan fingerprint density at radius 1 is 1.22 bits per heavy atom. The third-order valence-electron chi connectivity index (χ3n) is 5.21. The number of aryl methyl sites for hydroxylation is 1. The van der Waals surface area contributed by atoms with Gasteiger partial charge in [0.05, 0.1) is 29.8 Å². The molecule has 4 rings (SSSR count). The van der Waals surface area contributed by atoms with E-state index >= 15 is 0 Å². The highest BCUT2D eigenvalue weighted by molar-refractivity contribution is 7.99. The van der Waals surface area contributed by atoms with Crippen LogP contribution in [0, 0.1) is 32.1 Å². The molecule has 0 aliphatic rings. The topological polar surface area (TPSA) is 115 Å². The standard InChI is InChI=1S/C22H21N7O2S/c1-14-7-4-5-9-19(14)29-22(25-26-27-29)32-13-20(30)24-21-18(11-23)15(2)16(3)28(21)12-17-8-6-10-31-17/h4-10H,12-13H2,1-3H3,(H,24,30). The minimum absolute atomic E-state index is 0.0845. The number of thioether (sulfide) groups is 1. The zero-order valence-electron chi connectivity index (χ0n) is 17.9. The number of nitrogens with zero attached hydrogens (tertiary/aromatic N) is 6. The lowest BCUT2D eigenvalue weighted by molar-refractivity contribution is -0.113. The van der Waals surface area contributed by atoms with Gasteiger partial charge in [-0.2, -0.15) is 9.94 Å². The number of benzene rings is 1. The van der Waals surface area contributed by atoms with Gasteiger partial charge < -0.3 is 14.3 Å². The van der Waals surface area contributed by atoms with Crippen LogP contribution in [-0.2, 0) is 11.3 Å². The van der Waals surface area contributed by atoms with Gasteiger partial charge in [-0.05, 0) is 60.5 Å². The summed E-state index contributed by atoms with van der Waals surface area (Å²) in [5.41, 5.74) is 4.03. The number of furan rings is 1. The Hall–Kier alpha value is -3.84. The van der Waals surface area contributed by atoms with E-state index in [4.69, 9.17) is 4.42 Å². The number of nitriles is 1. The summed E-state index contributed by atoms with van der Waals surface area (Å²) in [6.07, 6.45) is 1.60. The van der Waals surface area contributed by atoms with E-state index in [1.165, 1.54) is 11.8 Å². The molecule has 162 valence electrons. The number of carbonyl (C=O) groups is 1. The number of para-hydroxylation sites is 1. The van der Waals surface area contributed by atoms with Crippen molar-refractivity contribution in [2.24, 2.45) is 0 Å². The Kier molecular flexibility index (Phi) is 6.09. The predicted molar refractivity (Wildman–Crippen MR) is 120 cm³/mol. The van der Waals surface area contributed by atoms with E-state index in [-0.39, 0.29) is 11.7 Å². The summed E-state index contributed by atoms with van der Waals surface area (Å²) < 4.78 is 8.95. The normalized spacial score (nSPS) is 10.8. The quantitative estimate of drug-likeness (QED) is 0.430. The second-order valence-corrected chi connectivity index (χ2v) is 8.15. The highest BCUT2D eigenvalue weighted by Gasteiger charge is 2.21. The Labute approximate surface area is 189 Å². The summed E-state index contributed by atoms with van der Waals surface area (Å²) in [4.78, 5) is 12.8. The molecule has 9 nitrogen and oxygen atoms in total. The second-order valence-electron chi connectivity index (χ2n) is 7.21. The van der Waals surface area contributed by atoms with Gasteiger partial charge in [-0.1, -0.05) is 30.0 Å². The van der Waals surface area contributed by atoms with Gasteiger partial charge in [0.25, 0.3) is 0 Å². The van der Waals surface area contributed by atoms with Crippen LogP contribution in [0.5, 0.6) is 0 Å². The molecule has 0 aliphatic heterocycles. The molecule has 0 bridgehead atoms. The first-order valence-corrected chi connectivity index (χ1v) is 10.9. The molecule has 1 N–H and O–H groups in total. The molecule has 0 saturated heterocycles. The van der Waals surface area contributed by atoms with E-state index in [0.717, 1.165) is 28.3 Å². The number of anilines is 1. The lowest BCUT2D eigenvalue weighted by Crippen LogP contribution is -2.19. The van der Waals surface area contributed by atoms with Crippen molar-refractivity contribution in [3.05, 3.63) is 70.8 Å². The summed E-state index contributed by atoms with van der Waals surface area (Å²) in [5, 5.41) is 24.9. The minimum atomic E-state index is -0.260. The van der Waals surface area contributed by atoms with Crippen molar-refractivity contribution in [3.63, 3.8) is 0 Å². The Morgan fingerprint density at radius 3 is 2.75 bits per heavy atom. The molecule has 10 heteroatoms. The van der Waals surface area contributed by atoms with Gasteiger partial charge in [0.15, 0.2) is 0 Å². The van der Waals surface area contributed by atoms with E-state index in [1.807, 2.05) is 55.7 Å². The fourth-order valence-electron chi connectivity index (χ4n) is 3.41. The molecule has 1 aromatic carbocycles. The first-order chi connectivity index (χ1) is 15.5. The molecule has 0 unspecified atom stereocenters. The van der Waals surface area contributed by atoms with Gasteiger partial charge in [-0.15, -0.1) is 5.10 Å². The molecular formula is C22H21N7O2S. The highest BCUT2D eigenvalue weighted by Crippen LogP contribution is 2.28. The average Bonchev–Trinajstić information content (AvgIpc) is 3.51. The summed E-state index contributed by atoms with van der Waals surface area (Å²) in [6, 6.07) is 13.6. The van der Waals surface area contributed by atoms with Crippen molar-refractivity contribution in [2.75, 3.05) is 11.1 Å². The van der Waals surface area contributed by atoms with E-state index in [1.54, 1.807) is 17.0 Å². The van der Waals surface area contributed by atoms with Crippen molar-refractivity contribution in [1.82, 2.24) is 24.8 Å². The fraction of sp³-hybridized carbons (Fsp3) is 0.227. The van der Waals surface area contributed by atoms with E-state index in [2.05, 4.69) is 26.9 Å². The third kappa shape index (κ3) is 4.15. The number of aromatic nitrogens is 5. The van der Waals surface area contributed by atoms with Crippen LogP contribution in [0.4, 0.5) is 5.82 Å². The van der Waals surface area contributed by atoms with Gasteiger partial charge in [0.2, 0.25) is 11.1 Å². The van der Waals surface area contributed by atoms with Crippen LogP contribution in [-0.4, -0.2) is 36.4 Å².